The molecule has 6 nitrogen and oxygen atoms in total. The van der Waals surface area contributed by atoms with Gasteiger partial charge in [-0.2, -0.15) is 0 Å². The lowest BCUT2D eigenvalue weighted by molar-refractivity contribution is -0.122. The Bertz CT molecular complexity index is 757. The fourth-order valence-electron chi connectivity index (χ4n) is 3.41. The number of carbonyl (C=O) groups excluding carboxylic acids is 1. The molecular formula is C21H28N4O2. The highest BCUT2D eigenvalue weighted by Gasteiger charge is 2.21. The second-order valence-corrected chi connectivity index (χ2v) is 6.77. The molecule has 1 aromatic carbocycles. The van der Waals surface area contributed by atoms with Crippen LogP contribution in [0.5, 0.6) is 0 Å². The number of nitrogens with zero attached hydrogens (tertiary/aromatic N) is 3. The lowest BCUT2D eigenvalue weighted by Gasteiger charge is -2.38. The number of carbonyl (C=O) groups is 1. The zero-order valence-corrected chi connectivity index (χ0v) is 16.1. The van der Waals surface area contributed by atoms with Crippen molar-refractivity contribution in [1.29, 1.82) is 0 Å². The van der Waals surface area contributed by atoms with Gasteiger partial charge >= 0.3 is 0 Å². The predicted octanol–water partition coefficient (Wildman–Crippen LogP) is 2.37. The van der Waals surface area contributed by atoms with Crippen molar-refractivity contribution in [1.82, 2.24) is 10.3 Å². The average molecular weight is 368 g/mol. The summed E-state index contributed by atoms with van der Waals surface area (Å²) in [4.78, 5) is 21.2. The summed E-state index contributed by atoms with van der Waals surface area (Å²) in [5.74, 6) is 0.963. The van der Waals surface area contributed by atoms with Crippen molar-refractivity contribution in [2.45, 2.75) is 19.9 Å². The molecule has 0 radical (unpaired) electrons. The number of piperazine rings is 1. The maximum atomic E-state index is 11.9. The van der Waals surface area contributed by atoms with E-state index in [0.29, 0.717) is 19.6 Å². The summed E-state index contributed by atoms with van der Waals surface area (Å²) in [7, 11) is 1.60. The normalized spacial score (nSPS) is 14.3. The number of aryl methyl sites for hydroxylation is 1. The van der Waals surface area contributed by atoms with Crippen LogP contribution in [0.3, 0.4) is 0 Å². The molecule has 1 fully saturated rings. The van der Waals surface area contributed by atoms with Gasteiger partial charge in [0, 0.05) is 63.7 Å². The first-order valence-electron chi connectivity index (χ1n) is 9.44. The zero-order valence-electron chi connectivity index (χ0n) is 16.1. The Balaban J connectivity index is 1.61. The molecule has 2 aromatic rings. The third kappa shape index (κ3) is 4.98. The molecule has 1 saturated heterocycles. The Morgan fingerprint density at radius 3 is 2.59 bits per heavy atom. The Morgan fingerprint density at radius 1 is 1.11 bits per heavy atom. The highest BCUT2D eigenvalue weighted by atomic mass is 16.5. The van der Waals surface area contributed by atoms with Crippen LogP contribution in [-0.4, -0.2) is 50.8 Å². The van der Waals surface area contributed by atoms with Gasteiger partial charge in [-0.1, -0.05) is 24.3 Å². The number of amides is 1. The molecule has 1 aliphatic heterocycles. The second-order valence-electron chi connectivity index (χ2n) is 6.77. The van der Waals surface area contributed by atoms with E-state index in [1.165, 1.54) is 11.3 Å². The average Bonchev–Trinajstić information content (AvgIpc) is 2.71. The first kappa shape index (κ1) is 19.2. The molecule has 0 spiro atoms. The number of aromatic nitrogens is 1. The molecule has 1 amide bonds. The van der Waals surface area contributed by atoms with Crippen LogP contribution in [0.2, 0.25) is 0 Å². The molecule has 0 aliphatic carbocycles. The molecule has 144 valence electrons. The van der Waals surface area contributed by atoms with Gasteiger partial charge in [-0.25, -0.2) is 4.98 Å². The van der Waals surface area contributed by atoms with Crippen molar-refractivity contribution in [3.63, 3.8) is 0 Å². The van der Waals surface area contributed by atoms with Gasteiger partial charge in [-0.3, -0.25) is 4.79 Å². The fraction of sp³-hybridized carbons (Fsp3) is 0.429. The van der Waals surface area contributed by atoms with Crippen LogP contribution >= 0.6 is 0 Å². The lowest BCUT2D eigenvalue weighted by atomic mass is 10.1. The molecule has 0 saturated carbocycles. The smallest absolute Gasteiger partial charge is 0.222 e. The largest absolute Gasteiger partial charge is 0.384 e. The minimum atomic E-state index is -0.00368. The molecule has 0 bridgehead atoms. The van der Waals surface area contributed by atoms with Gasteiger partial charge in [0.05, 0.1) is 6.61 Å². The van der Waals surface area contributed by atoms with E-state index in [4.69, 9.17) is 4.74 Å². The van der Waals surface area contributed by atoms with Gasteiger partial charge in [0.2, 0.25) is 5.91 Å². The van der Waals surface area contributed by atoms with Gasteiger partial charge in [0.1, 0.15) is 5.82 Å². The number of hydrogen-bond acceptors (Lipinski definition) is 5. The Labute approximate surface area is 161 Å². The van der Waals surface area contributed by atoms with E-state index in [2.05, 4.69) is 51.3 Å². The van der Waals surface area contributed by atoms with Crippen LogP contribution in [-0.2, 0) is 16.1 Å². The van der Waals surface area contributed by atoms with E-state index in [0.717, 1.165) is 37.6 Å². The van der Waals surface area contributed by atoms with Crippen LogP contribution in [0.15, 0.2) is 42.6 Å². The molecule has 3 rings (SSSR count). The van der Waals surface area contributed by atoms with Crippen LogP contribution in [0.1, 0.15) is 17.5 Å². The number of para-hydroxylation sites is 1. The van der Waals surface area contributed by atoms with Crippen LogP contribution in [0, 0.1) is 6.92 Å². The van der Waals surface area contributed by atoms with Gasteiger partial charge in [-0.05, 0) is 24.6 Å². The molecule has 1 N–H and O–H groups in total. The van der Waals surface area contributed by atoms with Gasteiger partial charge in [0.15, 0.2) is 0 Å². The molecule has 27 heavy (non-hydrogen) atoms. The number of benzene rings is 1. The first-order valence-corrected chi connectivity index (χ1v) is 9.44. The van der Waals surface area contributed by atoms with Gasteiger partial charge in [0.25, 0.3) is 0 Å². The van der Waals surface area contributed by atoms with Gasteiger partial charge in [-0.15, -0.1) is 0 Å². The predicted molar refractivity (Wildman–Crippen MR) is 108 cm³/mol. The van der Waals surface area contributed by atoms with Crippen molar-refractivity contribution >= 4 is 17.4 Å². The monoisotopic (exact) mass is 368 g/mol. The van der Waals surface area contributed by atoms with E-state index in [1.807, 2.05) is 18.3 Å². The lowest BCUT2D eigenvalue weighted by Crippen LogP contribution is -2.47. The SMILES string of the molecule is COCCC(=O)NCc1cccnc1N1CCN(c2ccccc2C)CC1. The third-order valence-electron chi connectivity index (χ3n) is 4.91. The number of methoxy groups -OCH3 is 1. The minimum Gasteiger partial charge on any atom is -0.384 e. The number of rotatable bonds is 7. The summed E-state index contributed by atoms with van der Waals surface area (Å²) in [6, 6.07) is 12.5. The highest BCUT2D eigenvalue weighted by molar-refractivity contribution is 5.76. The Morgan fingerprint density at radius 2 is 1.85 bits per heavy atom. The van der Waals surface area contributed by atoms with Crippen LogP contribution < -0.4 is 15.1 Å². The van der Waals surface area contributed by atoms with E-state index in [1.54, 1.807) is 7.11 Å². The summed E-state index contributed by atoms with van der Waals surface area (Å²) in [6.07, 6.45) is 2.19. The summed E-state index contributed by atoms with van der Waals surface area (Å²) >= 11 is 0. The first-order chi connectivity index (χ1) is 13.2. The minimum absolute atomic E-state index is 0.00368. The summed E-state index contributed by atoms with van der Waals surface area (Å²) in [6.45, 7) is 6.83. The van der Waals surface area contributed by atoms with Crippen molar-refractivity contribution in [3.8, 4) is 0 Å². The highest BCUT2D eigenvalue weighted by Crippen LogP contribution is 2.24. The summed E-state index contributed by atoms with van der Waals surface area (Å²) in [5, 5.41) is 2.96. The summed E-state index contributed by atoms with van der Waals surface area (Å²) in [5.41, 5.74) is 3.67. The maximum Gasteiger partial charge on any atom is 0.222 e. The Kier molecular flexibility index (Phi) is 6.65. The summed E-state index contributed by atoms with van der Waals surface area (Å²) < 4.78 is 4.95. The van der Waals surface area contributed by atoms with Crippen LogP contribution in [0.25, 0.3) is 0 Å². The van der Waals surface area contributed by atoms with Crippen molar-refractivity contribution in [2.24, 2.45) is 0 Å². The number of hydrogen-bond donors (Lipinski definition) is 1. The number of pyridine rings is 1. The molecule has 6 heteroatoms. The quantitative estimate of drug-likeness (QED) is 0.813. The second kappa shape index (κ2) is 9.37. The van der Waals surface area contributed by atoms with Gasteiger partial charge < -0.3 is 19.9 Å². The van der Waals surface area contributed by atoms with E-state index in [9.17, 15) is 4.79 Å². The van der Waals surface area contributed by atoms with Crippen molar-refractivity contribution in [2.75, 3.05) is 49.7 Å². The fourth-order valence-corrected chi connectivity index (χ4v) is 3.41. The zero-order chi connectivity index (χ0) is 19.1. The third-order valence-corrected chi connectivity index (χ3v) is 4.91. The van der Waals surface area contributed by atoms with Crippen LogP contribution in [0.4, 0.5) is 11.5 Å². The van der Waals surface area contributed by atoms with E-state index in [-0.39, 0.29) is 5.91 Å². The molecule has 2 heterocycles. The molecule has 1 aliphatic rings. The maximum absolute atomic E-state index is 11.9. The molecule has 1 aromatic heterocycles. The number of anilines is 2. The number of ether oxygens (including phenoxy) is 1. The van der Waals surface area contributed by atoms with E-state index >= 15 is 0 Å². The number of nitrogens with one attached hydrogen (secondary N) is 1. The molecular weight excluding hydrogens is 340 g/mol. The topological polar surface area (TPSA) is 57.7 Å². The van der Waals surface area contributed by atoms with Crippen molar-refractivity contribution < 1.29 is 9.53 Å². The van der Waals surface area contributed by atoms with E-state index < -0.39 is 0 Å². The molecule has 0 unspecified atom stereocenters. The standard InChI is InChI=1S/C21H28N4O2/c1-17-6-3-4-8-19(17)24-11-13-25(14-12-24)21-18(7-5-10-22-21)16-23-20(26)9-15-27-2/h3-8,10H,9,11-16H2,1-2H3,(H,23,26). The Hall–Kier alpha value is -2.60. The molecule has 0 atom stereocenters. The van der Waals surface area contributed by atoms with Crippen molar-refractivity contribution in [3.05, 3.63) is 53.7 Å².